The minimum atomic E-state index is -0.424. The molecule has 1 unspecified atom stereocenters. The fourth-order valence-electron chi connectivity index (χ4n) is 3.50. The number of likely N-dealkylation sites (N-methyl/N-ethyl adjacent to an activating group) is 1. The smallest absolute Gasteiger partial charge is 0.336 e. The fraction of sp³-hybridized carbons (Fsp3) is 0.273. The Kier molecular flexibility index (Phi) is 5.22. The van der Waals surface area contributed by atoms with Gasteiger partial charge >= 0.3 is 5.63 Å². The maximum absolute atomic E-state index is 12.0. The molecule has 1 atom stereocenters. The van der Waals surface area contributed by atoms with E-state index in [2.05, 4.69) is 10.2 Å². The van der Waals surface area contributed by atoms with E-state index >= 15 is 0 Å². The van der Waals surface area contributed by atoms with E-state index < -0.39 is 5.63 Å². The highest BCUT2D eigenvalue weighted by Gasteiger charge is 2.22. The van der Waals surface area contributed by atoms with E-state index in [1.807, 2.05) is 37.4 Å². The molecule has 0 aliphatic carbocycles. The van der Waals surface area contributed by atoms with Crippen molar-refractivity contribution >= 4 is 22.6 Å². The van der Waals surface area contributed by atoms with Gasteiger partial charge in [0, 0.05) is 43.2 Å². The molecule has 0 bridgehead atoms. The molecule has 1 aliphatic rings. The zero-order valence-electron chi connectivity index (χ0n) is 16.3. The van der Waals surface area contributed by atoms with Crippen LogP contribution in [0.3, 0.4) is 0 Å². The number of nitrogens with one attached hydrogen (secondary N) is 1. The average molecular weight is 394 g/mol. The van der Waals surface area contributed by atoms with E-state index in [1.165, 1.54) is 13.0 Å². The van der Waals surface area contributed by atoms with Crippen molar-refractivity contribution in [1.82, 2.24) is 4.90 Å². The highest BCUT2D eigenvalue weighted by molar-refractivity contribution is 5.92. The largest absolute Gasteiger partial charge is 0.486 e. The Hall–Kier alpha value is -3.32. The van der Waals surface area contributed by atoms with Gasteiger partial charge in [-0.3, -0.25) is 9.69 Å². The number of fused-ring (bicyclic) bond motifs is 2. The second kappa shape index (κ2) is 7.97. The number of hydrogen-bond acceptors (Lipinski definition) is 6. The lowest BCUT2D eigenvalue weighted by atomic mass is 10.1. The molecule has 3 aromatic rings. The van der Waals surface area contributed by atoms with Gasteiger partial charge in [0.15, 0.2) is 11.5 Å². The average Bonchev–Trinajstić information content (AvgIpc) is 2.67. The second-order valence-corrected chi connectivity index (χ2v) is 7.18. The Balaban J connectivity index is 1.50. The molecule has 1 amide bonds. The lowest BCUT2D eigenvalue weighted by Crippen LogP contribution is -2.39. The molecule has 0 spiro atoms. The highest BCUT2D eigenvalue weighted by Crippen LogP contribution is 2.31. The highest BCUT2D eigenvalue weighted by atomic mass is 16.6. The fourth-order valence-corrected chi connectivity index (χ4v) is 3.50. The summed E-state index contributed by atoms with van der Waals surface area (Å²) in [6, 6.07) is 14.4. The van der Waals surface area contributed by atoms with Crippen LogP contribution in [0.5, 0.6) is 11.5 Å². The number of hydrogen-bond donors (Lipinski definition) is 1. The van der Waals surface area contributed by atoms with Crippen LogP contribution in [-0.2, 0) is 11.3 Å². The molecule has 1 aliphatic heterocycles. The van der Waals surface area contributed by atoms with E-state index in [9.17, 15) is 9.59 Å². The number of amides is 1. The van der Waals surface area contributed by atoms with Crippen molar-refractivity contribution in [3.05, 3.63) is 64.5 Å². The monoisotopic (exact) mass is 394 g/mol. The van der Waals surface area contributed by atoms with Crippen LogP contribution in [0, 0.1) is 0 Å². The summed E-state index contributed by atoms with van der Waals surface area (Å²) in [5, 5.41) is 3.53. The normalized spacial score (nSPS) is 15.5. The van der Waals surface area contributed by atoms with Gasteiger partial charge in [-0.05, 0) is 36.9 Å². The minimum absolute atomic E-state index is 0.104. The number of benzene rings is 2. The Morgan fingerprint density at radius 3 is 2.76 bits per heavy atom. The van der Waals surface area contributed by atoms with Crippen LogP contribution in [0.2, 0.25) is 0 Å². The molecule has 4 rings (SSSR count). The van der Waals surface area contributed by atoms with E-state index in [0.717, 1.165) is 22.4 Å². The quantitative estimate of drug-likeness (QED) is 0.670. The van der Waals surface area contributed by atoms with Gasteiger partial charge in [0.1, 0.15) is 18.3 Å². The zero-order chi connectivity index (χ0) is 20.4. The molecule has 150 valence electrons. The molecule has 29 heavy (non-hydrogen) atoms. The number of anilines is 1. The molecule has 0 radical (unpaired) electrons. The summed E-state index contributed by atoms with van der Waals surface area (Å²) in [6.07, 6.45) is -0.104. The summed E-state index contributed by atoms with van der Waals surface area (Å²) in [7, 11) is 1.97. The first-order valence-electron chi connectivity index (χ1n) is 9.39. The maximum Gasteiger partial charge on any atom is 0.336 e. The molecule has 7 heteroatoms. The van der Waals surface area contributed by atoms with Gasteiger partial charge in [0.05, 0.1) is 0 Å². The van der Waals surface area contributed by atoms with Crippen molar-refractivity contribution in [2.75, 3.05) is 25.5 Å². The number of nitrogens with zero attached hydrogens (tertiary/aromatic N) is 1. The molecule has 1 N–H and O–H groups in total. The molecule has 0 saturated carbocycles. The van der Waals surface area contributed by atoms with E-state index in [-0.39, 0.29) is 12.0 Å². The van der Waals surface area contributed by atoms with Crippen LogP contribution in [0.15, 0.2) is 57.7 Å². The van der Waals surface area contributed by atoms with Gasteiger partial charge in [-0.2, -0.15) is 0 Å². The second-order valence-electron chi connectivity index (χ2n) is 7.18. The van der Waals surface area contributed by atoms with Crippen LogP contribution < -0.4 is 20.4 Å². The summed E-state index contributed by atoms with van der Waals surface area (Å²) in [5.74, 6) is 1.32. The Bertz CT molecular complexity index is 1110. The van der Waals surface area contributed by atoms with E-state index in [1.54, 1.807) is 12.1 Å². The Morgan fingerprint density at radius 2 is 1.97 bits per heavy atom. The van der Waals surface area contributed by atoms with Gasteiger partial charge in [-0.15, -0.1) is 0 Å². The van der Waals surface area contributed by atoms with Crippen LogP contribution in [0.4, 0.5) is 5.69 Å². The summed E-state index contributed by atoms with van der Waals surface area (Å²) in [5.41, 5.74) is 1.46. The summed E-state index contributed by atoms with van der Waals surface area (Å²) in [4.78, 5) is 25.4. The first kappa shape index (κ1) is 19.0. The predicted molar refractivity (Wildman–Crippen MR) is 109 cm³/mol. The summed E-state index contributed by atoms with van der Waals surface area (Å²) >= 11 is 0. The van der Waals surface area contributed by atoms with Crippen LogP contribution >= 0.6 is 0 Å². The first-order chi connectivity index (χ1) is 14.0. The molecule has 1 aromatic heterocycles. The van der Waals surface area contributed by atoms with Gasteiger partial charge in [-0.1, -0.05) is 12.1 Å². The van der Waals surface area contributed by atoms with Crippen LogP contribution in [-0.4, -0.2) is 37.1 Å². The van der Waals surface area contributed by atoms with Crippen molar-refractivity contribution in [3.63, 3.8) is 0 Å². The zero-order valence-corrected chi connectivity index (χ0v) is 16.3. The third-order valence-corrected chi connectivity index (χ3v) is 4.67. The lowest BCUT2D eigenvalue weighted by Gasteiger charge is -2.29. The summed E-state index contributed by atoms with van der Waals surface area (Å²) < 4.78 is 17.1. The van der Waals surface area contributed by atoms with E-state index in [0.29, 0.717) is 31.0 Å². The maximum atomic E-state index is 12.0. The topological polar surface area (TPSA) is 81.0 Å². The number of rotatable bonds is 5. The molecule has 2 aromatic carbocycles. The van der Waals surface area contributed by atoms with E-state index in [4.69, 9.17) is 13.9 Å². The van der Waals surface area contributed by atoms with Crippen molar-refractivity contribution in [1.29, 1.82) is 0 Å². The van der Waals surface area contributed by atoms with Crippen molar-refractivity contribution in [2.24, 2.45) is 0 Å². The standard InChI is InChI=1S/C22H22N2O5/c1-14(25)23-16-7-8-18-15(9-22(26)29-21(18)10-16)11-24(2)12-17-13-27-19-5-3-4-6-20(19)28-17/h3-10,17H,11-13H2,1-2H3,(H,23,25). The van der Waals surface area contributed by atoms with Crippen LogP contribution in [0.1, 0.15) is 12.5 Å². The minimum Gasteiger partial charge on any atom is -0.486 e. The lowest BCUT2D eigenvalue weighted by molar-refractivity contribution is -0.114. The summed E-state index contributed by atoms with van der Waals surface area (Å²) in [6.45, 7) is 3.09. The van der Waals surface area contributed by atoms with Gasteiger partial charge in [0.25, 0.3) is 0 Å². The molecule has 0 saturated heterocycles. The molecule has 7 nitrogen and oxygen atoms in total. The van der Waals surface area contributed by atoms with Gasteiger partial charge in [0.2, 0.25) is 5.91 Å². The number of para-hydroxylation sites is 2. The Labute approximate surface area is 167 Å². The molecule has 0 fully saturated rings. The SMILES string of the molecule is CC(=O)Nc1ccc2c(CN(C)CC3COc4ccccc4O3)cc(=O)oc2c1. The number of carbonyl (C=O) groups is 1. The number of ether oxygens (including phenoxy) is 2. The molecular formula is C22H22N2O5. The van der Waals surface area contributed by atoms with Crippen LogP contribution in [0.25, 0.3) is 11.0 Å². The predicted octanol–water partition coefficient (Wildman–Crippen LogP) is 3.02. The third-order valence-electron chi connectivity index (χ3n) is 4.67. The Morgan fingerprint density at radius 1 is 1.17 bits per heavy atom. The number of carbonyl (C=O) groups excluding carboxylic acids is 1. The third kappa shape index (κ3) is 4.41. The molecular weight excluding hydrogens is 372 g/mol. The van der Waals surface area contributed by atoms with Crippen molar-refractivity contribution in [2.45, 2.75) is 19.6 Å². The molecule has 2 heterocycles. The van der Waals surface area contributed by atoms with Gasteiger partial charge < -0.3 is 19.2 Å². The first-order valence-corrected chi connectivity index (χ1v) is 9.39. The van der Waals surface area contributed by atoms with Gasteiger partial charge in [-0.25, -0.2) is 4.79 Å². The van der Waals surface area contributed by atoms with Crippen molar-refractivity contribution < 1.29 is 18.7 Å². The van der Waals surface area contributed by atoms with Crippen molar-refractivity contribution in [3.8, 4) is 11.5 Å².